The van der Waals surface area contributed by atoms with Crippen molar-refractivity contribution in [3.63, 3.8) is 0 Å². The maximum absolute atomic E-state index is 13.8. The SMILES string of the molecule is Cc1c(C(=O)[C@H](CCCN=C(N)N)NC(=O)[C@H](CCCN=C(N)N)NC(=O)OCc2ccccc2)c(=O)oc2ccccc12. The Balaban J connectivity index is 1.84. The number of amides is 2. The Morgan fingerprint density at radius 3 is 2.07 bits per heavy atom. The molecular formula is C30H38N8O6. The summed E-state index contributed by atoms with van der Waals surface area (Å²) in [6.07, 6.45) is -0.00131. The number of aliphatic imine (C=N–C) groups is 2. The molecule has 3 aromatic rings. The number of hydrogen-bond donors (Lipinski definition) is 6. The van der Waals surface area contributed by atoms with Gasteiger partial charge >= 0.3 is 11.7 Å². The van der Waals surface area contributed by atoms with E-state index in [9.17, 15) is 19.2 Å². The topological polar surface area (TPSA) is 244 Å². The first-order chi connectivity index (χ1) is 21.1. The van der Waals surface area contributed by atoms with Crippen LogP contribution in [0.1, 0.15) is 47.2 Å². The Labute approximate surface area is 253 Å². The second-order valence-electron chi connectivity index (χ2n) is 9.97. The highest BCUT2D eigenvalue weighted by molar-refractivity contribution is 6.05. The maximum atomic E-state index is 13.8. The van der Waals surface area contributed by atoms with Gasteiger partial charge in [-0.05, 0) is 49.8 Å². The molecule has 0 bridgehead atoms. The Bertz CT molecular complexity index is 1560. The summed E-state index contributed by atoms with van der Waals surface area (Å²) in [4.78, 5) is 60.8. The van der Waals surface area contributed by atoms with Gasteiger partial charge in [0.2, 0.25) is 5.91 Å². The number of ketones is 1. The molecular weight excluding hydrogens is 568 g/mol. The van der Waals surface area contributed by atoms with Gasteiger partial charge in [0.25, 0.3) is 0 Å². The van der Waals surface area contributed by atoms with E-state index in [4.69, 9.17) is 32.1 Å². The molecule has 2 aromatic carbocycles. The Morgan fingerprint density at radius 1 is 0.841 bits per heavy atom. The van der Waals surface area contributed by atoms with Crippen LogP contribution < -0.4 is 39.2 Å². The molecule has 0 aliphatic rings. The summed E-state index contributed by atoms with van der Waals surface area (Å²) in [5, 5.41) is 5.84. The van der Waals surface area contributed by atoms with Crippen LogP contribution >= 0.6 is 0 Å². The van der Waals surface area contributed by atoms with Gasteiger partial charge in [-0.2, -0.15) is 0 Å². The summed E-state index contributed by atoms with van der Waals surface area (Å²) in [7, 11) is 0. The van der Waals surface area contributed by atoms with Gasteiger partial charge in [0, 0.05) is 18.5 Å². The smallest absolute Gasteiger partial charge is 0.408 e. The second-order valence-corrected chi connectivity index (χ2v) is 9.97. The lowest BCUT2D eigenvalue weighted by Crippen LogP contribution is -2.52. The number of ether oxygens (including phenoxy) is 1. The molecule has 1 heterocycles. The fraction of sp³-hybridized carbons (Fsp3) is 0.333. The maximum Gasteiger partial charge on any atom is 0.408 e. The molecule has 44 heavy (non-hydrogen) atoms. The van der Waals surface area contributed by atoms with Crippen LogP contribution in [0.3, 0.4) is 0 Å². The van der Waals surface area contributed by atoms with Crippen LogP contribution in [0.25, 0.3) is 11.0 Å². The van der Waals surface area contributed by atoms with Crippen molar-refractivity contribution < 1.29 is 23.5 Å². The lowest BCUT2D eigenvalue weighted by atomic mass is 9.95. The summed E-state index contributed by atoms with van der Waals surface area (Å²) < 4.78 is 10.7. The average molecular weight is 607 g/mol. The first-order valence-corrected chi connectivity index (χ1v) is 14.0. The number of benzene rings is 2. The molecule has 0 radical (unpaired) electrons. The number of para-hydroxylation sites is 1. The monoisotopic (exact) mass is 606 g/mol. The lowest BCUT2D eigenvalue weighted by Gasteiger charge is -2.23. The summed E-state index contributed by atoms with van der Waals surface area (Å²) in [6.45, 7) is 2.00. The highest BCUT2D eigenvalue weighted by atomic mass is 16.5. The highest BCUT2D eigenvalue weighted by Gasteiger charge is 2.30. The Hall–Kier alpha value is -5.40. The van der Waals surface area contributed by atoms with Crippen molar-refractivity contribution in [3.8, 4) is 0 Å². The molecule has 2 amide bonds. The first kappa shape index (κ1) is 33.1. The van der Waals surface area contributed by atoms with E-state index in [0.717, 1.165) is 5.56 Å². The molecule has 0 aliphatic heterocycles. The van der Waals surface area contributed by atoms with Crippen molar-refractivity contribution in [2.24, 2.45) is 32.9 Å². The molecule has 14 heteroatoms. The molecule has 10 N–H and O–H groups in total. The molecule has 3 rings (SSSR count). The summed E-state index contributed by atoms with van der Waals surface area (Å²) in [6, 6.07) is 13.6. The Kier molecular flexibility index (Phi) is 12.3. The number of Topliss-reactive ketones (excluding diaryl/α,β-unsaturated/α-hetero) is 1. The number of guanidine groups is 2. The molecule has 0 fully saturated rings. The van der Waals surface area contributed by atoms with Crippen LogP contribution in [0.15, 0.2) is 73.8 Å². The molecule has 2 atom stereocenters. The van der Waals surface area contributed by atoms with E-state index < -0.39 is 35.5 Å². The van der Waals surface area contributed by atoms with Crippen LogP contribution in [0.2, 0.25) is 0 Å². The molecule has 0 unspecified atom stereocenters. The van der Waals surface area contributed by atoms with Gasteiger partial charge in [-0.25, -0.2) is 9.59 Å². The van der Waals surface area contributed by atoms with E-state index in [-0.39, 0.29) is 50.0 Å². The third-order valence-electron chi connectivity index (χ3n) is 6.66. The Morgan fingerprint density at radius 2 is 1.43 bits per heavy atom. The quantitative estimate of drug-likeness (QED) is 0.0474. The number of alkyl carbamates (subject to hydrolysis) is 1. The normalized spacial score (nSPS) is 12.0. The number of carbonyl (C=O) groups excluding carboxylic acids is 3. The van der Waals surface area contributed by atoms with Gasteiger partial charge < -0.3 is 42.7 Å². The second kappa shape index (κ2) is 16.3. The standard InChI is InChI=1S/C30H38N8O6/c1-18-20-11-5-6-14-23(20)44-27(41)24(18)25(39)21(12-7-15-35-28(31)32)37-26(40)22(13-8-16-36-29(33)34)38-30(42)43-17-19-9-3-2-4-10-19/h2-6,9-11,14,21-22H,7-8,12-13,15-17H2,1H3,(H,37,40)(H,38,42)(H4,31,32,35)(H4,33,34,36)/t21-,22-/m0/s1. The number of carbonyl (C=O) groups is 3. The summed E-state index contributed by atoms with van der Waals surface area (Å²) in [5.41, 5.74) is 22.1. The van der Waals surface area contributed by atoms with Crippen LogP contribution in [0.4, 0.5) is 4.79 Å². The van der Waals surface area contributed by atoms with E-state index in [1.807, 2.05) is 6.07 Å². The number of nitrogens with one attached hydrogen (secondary N) is 2. The lowest BCUT2D eigenvalue weighted by molar-refractivity contribution is -0.123. The van der Waals surface area contributed by atoms with Gasteiger partial charge in [0.05, 0.1) is 6.04 Å². The molecule has 0 saturated carbocycles. The number of nitrogens with two attached hydrogens (primary N) is 4. The minimum Gasteiger partial charge on any atom is -0.445 e. The zero-order chi connectivity index (χ0) is 32.1. The number of hydrogen-bond acceptors (Lipinski definition) is 8. The van der Waals surface area contributed by atoms with Crippen molar-refractivity contribution in [1.29, 1.82) is 0 Å². The van der Waals surface area contributed by atoms with E-state index in [2.05, 4.69) is 20.6 Å². The average Bonchev–Trinajstić information content (AvgIpc) is 2.99. The predicted octanol–water partition coefficient (Wildman–Crippen LogP) is 1.17. The van der Waals surface area contributed by atoms with Crippen LogP contribution in [-0.2, 0) is 16.1 Å². The number of rotatable bonds is 15. The van der Waals surface area contributed by atoms with Crippen molar-refractivity contribution in [1.82, 2.24) is 10.6 Å². The van der Waals surface area contributed by atoms with E-state index >= 15 is 0 Å². The zero-order valence-electron chi connectivity index (χ0n) is 24.5. The fourth-order valence-corrected chi connectivity index (χ4v) is 4.49. The zero-order valence-corrected chi connectivity index (χ0v) is 24.5. The fourth-order valence-electron chi connectivity index (χ4n) is 4.49. The van der Waals surface area contributed by atoms with Gasteiger partial charge in [-0.3, -0.25) is 19.6 Å². The van der Waals surface area contributed by atoms with Crippen molar-refractivity contribution in [3.05, 3.63) is 81.7 Å². The third kappa shape index (κ3) is 9.86. The van der Waals surface area contributed by atoms with Crippen LogP contribution in [0.5, 0.6) is 0 Å². The van der Waals surface area contributed by atoms with Crippen molar-refractivity contribution in [2.75, 3.05) is 13.1 Å². The van der Waals surface area contributed by atoms with Gasteiger partial charge in [0.15, 0.2) is 17.7 Å². The molecule has 234 valence electrons. The highest BCUT2D eigenvalue weighted by Crippen LogP contribution is 2.21. The predicted molar refractivity (Wildman–Crippen MR) is 167 cm³/mol. The number of aryl methyl sites for hydroxylation is 1. The molecule has 0 spiro atoms. The number of fused-ring (bicyclic) bond motifs is 1. The third-order valence-corrected chi connectivity index (χ3v) is 6.66. The summed E-state index contributed by atoms with van der Waals surface area (Å²) in [5.74, 6) is -1.56. The molecule has 0 saturated heterocycles. The van der Waals surface area contributed by atoms with Gasteiger partial charge in [-0.1, -0.05) is 48.5 Å². The minimum atomic E-state index is -1.16. The van der Waals surface area contributed by atoms with Crippen molar-refractivity contribution >= 4 is 40.7 Å². The van der Waals surface area contributed by atoms with Crippen molar-refractivity contribution in [2.45, 2.75) is 51.3 Å². The van der Waals surface area contributed by atoms with Gasteiger partial charge in [0.1, 0.15) is 23.8 Å². The largest absolute Gasteiger partial charge is 0.445 e. The molecule has 14 nitrogen and oxygen atoms in total. The van der Waals surface area contributed by atoms with E-state index in [1.165, 1.54) is 0 Å². The number of nitrogens with zero attached hydrogens (tertiary/aromatic N) is 2. The van der Waals surface area contributed by atoms with Crippen LogP contribution in [0, 0.1) is 6.92 Å². The molecule has 0 aliphatic carbocycles. The van der Waals surface area contributed by atoms with Gasteiger partial charge in [-0.15, -0.1) is 0 Å². The minimum absolute atomic E-state index is 0.0159. The molecule has 1 aromatic heterocycles. The van der Waals surface area contributed by atoms with E-state index in [1.54, 1.807) is 55.5 Å². The van der Waals surface area contributed by atoms with E-state index in [0.29, 0.717) is 29.4 Å². The van der Waals surface area contributed by atoms with Crippen LogP contribution in [-0.4, -0.2) is 54.9 Å². The first-order valence-electron chi connectivity index (χ1n) is 14.0. The summed E-state index contributed by atoms with van der Waals surface area (Å²) >= 11 is 0.